The van der Waals surface area contributed by atoms with Gasteiger partial charge in [0.2, 0.25) is 5.88 Å². The zero-order chi connectivity index (χ0) is 13.4. The molecule has 0 spiro atoms. The third-order valence-corrected chi connectivity index (χ3v) is 3.00. The van der Waals surface area contributed by atoms with Gasteiger partial charge >= 0.3 is 5.97 Å². The third-order valence-electron chi connectivity index (χ3n) is 3.00. The van der Waals surface area contributed by atoms with Gasteiger partial charge in [0.05, 0.1) is 18.2 Å². The van der Waals surface area contributed by atoms with Crippen molar-refractivity contribution in [1.82, 2.24) is 9.97 Å². The number of hydrogen-bond acceptors (Lipinski definition) is 4. The molecule has 3 aromatic rings. The van der Waals surface area contributed by atoms with Gasteiger partial charge in [-0.1, -0.05) is 6.07 Å². The molecule has 19 heavy (non-hydrogen) atoms. The summed E-state index contributed by atoms with van der Waals surface area (Å²) in [6.07, 6.45) is 3.40. The number of aromatic nitrogens is 2. The second kappa shape index (κ2) is 4.20. The average molecular weight is 254 g/mol. The number of rotatable bonds is 2. The normalized spacial score (nSPS) is 10.8. The van der Waals surface area contributed by atoms with Crippen molar-refractivity contribution >= 4 is 27.6 Å². The average Bonchev–Trinajstić information content (AvgIpc) is 2.45. The standard InChI is InChI=1S/C14H10N2O3/c1-19-13-10-4-5-15-7-11(10)9-3-2-8(14(17)18)6-12(9)16-13/h2-7H,1H3,(H,17,18). The van der Waals surface area contributed by atoms with Crippen LogP contribution in [0, 0.1) is 0 Å². The van der Waals surface area contributed by atoms with E-state index in [4.69, 9.17) is 9.84 Å². The summed E-state index contributed by atoms with van der Waals surface area (Å²) in [5.74, 6) is -0.513. The van der Waals surface area contributed by atoms with Crippen LogP contribution in [-0.2, 0) is 0 Å². The molecule has 5 heteroatoms. The van der Waals surface area contributed by atoms with Crippen molar-refractivity contribution in [2.75, 3.05) is 7.11 Å². The highest BCUT2D eigenvalue weighted by atomic mass is 16.5. The van der Waals surface area contributed by atoms with E-state index < -0.39 is 5.97 Å². The molecule has 5 nitrogen and oxygen atoms in total. The highest BCUT2D eigenvalue weighted by Gasteiger charge is 2.11. The van der Waals surface area contributed by atoms with Crippen LogP contribution >= 0.6 is 0 Å². The maximum absolute atomic E-state index is 11.0. The molecule has 1 aromatic carbocycles. The van der Waals surface area contributed by atoms with Crippen molar-refractivity contribution in [3.63, 3.8) is 0 Å². The first-order valence-corrected chi connectivity index (χ1v) is 5.65. The molecule has 0 fully saturated rings. The summed E-state index contributed by atoms with van der Waals surface area (Å²) < 4.78 is 5.25. The molecule has 0 radical (unpaired) electrons. The number of methoxy groups -OCH3 is 1. The van der Waals surface area contributed by atoms with E-state index in [-0.39, 0.29) is 5.56 Å². The number of hydrogen-bond donors (Lipinski definition) is 1. The highest BCUT2D eigenvalue weighted by molar-refractivity contribution is 6.08. The molecule has 0 atom stereocenters. The Hall–Kier alpha value is -2.69. The van der Waals surface area contributed by atoms with E-state index in [1.165, 1.54) is 13.2 Å². The molecule has 2 aromatic heterocycles. The SMILES string of the molecule is COc1nc2cc(C(=O)O)ccc2c2cnccc12. The molecule has 0 amide bonds. The second-order valence-electron chi connectivity index (χ2n) is 4.08. The van der Waals surface area contributed by atoms with Gasteiger partial charge in [0.15, 0.2) is 0 Å². The predicted molar refractivity (Wildman–Crippen MR) is 70.6 cm³/mol. The predicted octanol–water partition coefficient (Wildman–Crippen LogP) is 2.49. The first-order chi connectivity index (χ1) is 9.20. The van der Waals surface area contributed by atoms with Crippen molar-refractivity contribution in [1.29, 1.82) is 0 Å². The Kier molecular flexibility index (Phi) is 2.52. The van der Waals surface area contributed by atoms with Crippen molar-refractivity contribution in [3.8, 4) is 5.88 Å². The van der Waals surface area contributed by atoms with Gasteiger partial charge in [0.1, 0.15) is 0 Å². The van der Waals surface area contributed by atoms with Crippen molar-refractivity contribution in [2.45, 2.75) is 0 Å². The van der Waals surface area contributed by atoms with Crippen LogP contribution in [0.3, 0.4) is 0 Å². The summed E-state index contributed by atoms with van der Waals surface area (Å²) >= 11 is 0. The molecule has 3 rings (SSSR count). The van der Waals surface area contributed by atoms with Crippen molar-refractivity contribution in [2.24, 2.45) is 0 Å². The maximum atomic E-state index is 11.0. The Balaban J connectivity index is 2.44. The lowest BCUT2D eigenvalue weighted by Crippen LogP contribution is -1.97. The lowest BCUT2D eigenvalue weighted by molar-refractivity contribution is 0.0697. The lowest BCUT2D eigenvalue weighted by Gasteiger charge is -2.08. The van der Waals surface area contributed by atoms with Gasteiger partial charge in [0.25, 0.3) is 0 Å². The van der Waals surface area contributed by atoms with Crippen LogP contribution in [0.15, 0.2) is 36.7 Å². The Bertz CT molecular complexity index is 799. The highest BCUT2D eigenvalue weighted by Crippen LogP contribution is 2.30. The Morgan fingerprint density at radius 2 is 2.05 bits per heavy atom. The largest absolute Gasteiger partial charge is 0.481 e. The van der Waals surface area contributed by atoms with E-state index in [1.807, 2.05) is 6.07 Å². The van der Waals surface area contributed by atoms with E-state index in [9.17, 15) is 4.79 Å². The minimum absolute atomic E-state index is 0.199. The third kappa shape index (κ3) is 1.76. The van der Waals surface area contributed by atoms with Crippen LogP contribution in [0.2, 0.25) is 0 Å². The molecule has 0 aliphatic heterocycles. The van der Waals surface area contributed by atoms with E-state index in [0.29, 0.717) is 11.4 Å². The lowest BCUT2D eigenvalue weighted by atomic mass is 10.1. The summed E-state index contributed by atoms with van der Waals surface area (Å²) in [4.78, 5) is 19.4. The van der Waals surface area contributed by atoms with Crippen molar-refractivity contribution in [3.05, 3.63) is 42.2 Å². The van der Waals surface area contributed by atoms with E-state index in [0.717, 1.165) is 16.2 Å². The summed E-state index contributed by atoms with van der Waals surface area (Å²) in [5.41, 5.74) is 0.780. The van der Waals surface area contributed by atoms with Gasteiger partial charge in [-0.05, 0) is 18.2 Å². The smallest absolute Gasteiger partial charge is 0.335 e. The van der Waals surface area contributed by atoms with Gasteiger partial charge in [-0.15, -0.1) is 0 Å². The number of nitrogens with zero attached hydrogens (tertiary/aromatic N) is 2. The minimum atomic E-state index is -0.978. The molecule has 0 unspecified atom stereocenters. The molecule has 94 valence electrons. The first-order valence-electron chi connectivity index (χ1n) is 5.65. The number of aromatic carboxylic acids is 1. The fourth-order valence-electron chi connectivity index (χ4n) is 2.11. The summed E-state index contributed by atoms with van der Waals surface area (Å²) in [6.45, 7) is 0. The van der Waals surface area contributed by atoms with Crippen LogP contribution in [0.1, 0.15) is 10.4 Å². The van der Waals surface area contributed by atoms with Gasteiger partial charge in [-0.3, -0.25) is 4.98 Å². The number of fused-ring (bicyclic) bond motifs is 3. The summed E-state index contributed by atoms with van der Waals surface area (Å²) in [7, 11) is 1.54. The topological polar surface area (TPSA) is 72.3 Å². The Labute approximate surface area is 108 Å². The molecular formula is C14H10N2O3. The van der Waals surface area contributed by atoms with Gasteiger partial charge in [0, 0.05) is 28.6 Å². The summed E-state index contributed by atoms with van der Waals surface area (Å²) in [5, 5.41) is 11.6. The van der Waals surface area contributed by atoms with Gasteiger partial charge in [-0.25, -0.2) is 9.78 Å². The first kappa shape index (κ1) is 11.4. The molecule has 0 bridgehead atoms. The zero-order valence-corrected chi connectivity index (χ0v) is 10.1. The van der Waals surface area contributed by atoms with Gasteiger partial charge in [-0.2, -0.15) is 0 Å². The van der Waals surface area contributed by atoms with Crippen LogP contribution in [0.5, 0.6) is 5.88 Å². The van der Waals surface area contributed by atoms with E-state index in [2.05, 4.69) is 9.97 Å². The number of carboxylic acids is 1. The number of carboxylic acid groups (broad SMARTS) is 1. The molecule has 0 saturated heterocycles. The summed E-state index contributed by atoms with van der Waals surface area (Å²) in [6, 6.07) is 6.67. The zero-order valence-electron chi connectivity index (χ0n) is 10.1. The Morgan fingerprint density at radius 1 is 1.21 bits per heavy atom. The number of pyridine rings is 2. The van der Waals surface area contributed by atoms with Crippen LogP contribution < -0.4 is 4.74 Å². The number of benzene rings is 1. The van der Waals surface area contributed by atoms with Crippen molar-refractivity contribution < 1.29 is 14.6 Å². The quantitative estimate of drug-likeness (QED) is 0.711. The molecule has 0 aliphatic carbocycles. The Morgan fingerprint density at radius 3 is 2.79 bits per heavy atom. The fourth-order valence-corrected chi connectivity index (χ4v) is 2.11. The van der Waals surface area contributed by atoms with Crippen LogP contribution in [-0.4, -0.2) is 28.2 Å². The molecular weight excluding hydrogens is 244 g/mol. The fraction of sp³-hybridized carbons (Fsp3) is 0.0714. The molecule has 2 heterocycles. The maximum Gasteiger partial charge on any atom is 0.335 e. The second-order valence-corrected chi connectivity index (χ2v) is 4.08. The van der Waals surface area contributed by atoms with Gasteiger partial charge < -0.3 is 9.84 Å². The van der Waals surface area contributed by atoms with Crippen LogP contribution in [0.25, 0.3) is 21.7 Å². The minimum Gasteiger partial charge on any atom is -0.481 e. The number of carbonyl (C=O) groups is 1. The molecule has 0 saturated carbocycles. The monoisotopic (exact) mass is 254 g/mol. The van der Waals surface area contributed by atoms with Crippen LogP contribution in [0.4, 0.5) is 0 Å². The molecule has 1 N–H and O–H groups in total. The number of ether oxygens (including phenoxy) is 1. The molecule has 0 aliphatic rings. The van der Waals surface area contributed by atoms with E-state index in [1.54, 1.807) is 24.5 Å². The van der Waals surface area contributed by atoms with E-state index >= 15 is 0 Å².